The SMILES string of the molecule is CC(C)CCCOC(=O)[C@H](C)N.Cc1ccc(S(=O)(=O)O)cc1. The van der Waals surface area contributed by atoms with Crippen molar-refractivity contribution in [3.05, 3.63) is 29.8 Å². The van der Waals surface area contributed by atoms with Gasteiger partial charge in [-0.15, -0.1) is 0 Å². The molecular weight excluding hydrogens is 318 g/mol. The molecule has 0 aromatic heterocycles. The van der Waals surface area contributed by atoms with E-state index in [1.807, 2.05) is 6.92 Å². The third kappa shape index (κ3) is 10.8. The van der Waals surface area contributed by atoms with Gasteiger partial charge >= 0.3 is 5.97 Å². The molecule has 0 spiro atoms. The zero-order valence-corrected chi connectivity index (χ0v) is 15.0. The quantitative estimate of drug-likeness (QED) is 0.466. The van der Waals surface area contributed by atoms with E-state index in [0.29, 0.717) is 12.5 Å². The Labute approximate surface area is 138 Å². The second-order valence-electron chi connectivity index (χ2n) is 5.78. The van der Waals surface area contributed by atoms with Gasteiger partial charge in [-0.05, 0) is 44.7 Å². The van der Waals surface area contributed by atoms with E-state index in [1.54, 1.807) is 19.1 Å². The number of esters is 1. The van der Waals surface area contributed by atoms with Crippen molar-refractivity contribution in [2.45, 2.75) is 51.5 Å². The highest BCUT2D eigenvalue weighted by Crippen LogP contribution is 2.08. The highest BCUT2D eigenvalue weighted by atomic mass is 32.2. The number of benzene rings is 1. The number of carbonyl (C=O) groups excluding carboxylic acids is 1. The maximum atomic E-state index is 10.8. The number of ether oxygens (including phenoxy) is 1. The normalized spacial score (nSPS) is 12.3. The van der Waals surface area contributed by atoms with E-state index in [2.05, 4.69) is 13.8 Å². The van der Waals surface area contributed by atoms with Gasteiger partial charge in [-0.25, -0.2) is 0 Å². The monoisotopic (exact) mass is 345 g/mol. The van der Waals surface area contributed by atoms with Crippen molar-refractivity contribution in [1.82, 2.24) is 0 Å². The molecule has 1 aromatic rings. The Bertz CT molecular complexity index is 565. The lowest BCUT2D eigenvalue weighted by Crippen LogP contribution is -2.28. The van der Waals surface area contributed by atoms with Crippen LogP contribution in [0, 0.1) is 12.8 Å². The van der Waals surface area contributed by atoms with E-state index in [0.717, 1.165) is 18.4 Å². The molecule has 0 aliphatic carbocycles. The van der Waals surface area contributed by atoms with E-state index in [1.165, 1.54) is 12.1 Å². The van der Waals surface area contributed by atoms with Crippen molar-refractivity contribution in [3.63, 3.8) is 0 Å². The Balaban J connectivity index is 0.000000422. The van der Waals surface area contributed by atoms with Crippen molar-refractivity contribution in [3.8, 4) is 0 Å². The topological polar surface area (TPSA) is 107 Å². The molecule has 7 heteroatoms. The molecule has 0 amide bonds. The molecule has 0 heterocycles. The second-order valence-corrected chi connectivity index (χ2v) is 7.20. The van der Waals surface area contributed by atoms with Gasteiger partial charge < -0.3 is 10.5 Å². The number of aryl methyl sites for hydroxylation is 1. The molecule has 0 bridgehead atoms. The minimum absolute atomic E-state index is 0.0666. The molecule has 0 aliphatic rings. The van der Waals surface area contributed by atoms with Gasteiger partial charge in [0, 0.05) is 0 Å². The van der Waals surface area contributed by atoms with Crippen LogP contribution in [-0.4, -0.2) is 31.6 Å². The first-order valence-corrected chi connectivity index (χ1v) is 8.94. The summed E-state index contributed by atoms with van der Waals surface area (Å²) in [5, 5.41) is 0. The average Bonchev–Trinajstić information content (AvgIpc) is 2.43. The van der Waals surface area contributed by atoms with Gasteiger partial charge in [0.05, 0.1) is 11.5 Å². The molecule has 0 radical (unpaired) electrons. The summed E-state index contributed by atoms with van der Waals surface area (Å²) in [6.07, 6.45) is 2.02. The summed E-state index contributed by atoms with van der Waals surface area (Å²) >= 11 is 0. The Kier molecular flexibility index (Phi) is 9.71. The van der Waals surface area contributed by atoms with Gasteiger partial charge in [0.25, 0.3) is 10.1 Å². The fourth-order valence-corrected chi connectivity index (χ4v) is 1.99. The van der Waals surface area contributed by atoms with E-state index in [4.69, 9.17) is 15.0 Å². The number of carbonyl (C=O) groups is 1. The standard InChI is InChI=1S/C9H19NO2.C7H8O3S/c1-7(2)5-4-6-12-9(11)8(3)10;1-6-2-4-7(5-3-6)11(8,9)10/h7-8H,4-6,10H2,1-3H3;2-5H,1H3,(H,8,9,10)/t8-;/m0./s1. The first kappa shape index (κ1) is 21.6. The van der Waals surface area contributed by atoms with E-state index >= 15 is 0 Å². The highest BCUT2D eigenvalue weighted by molar-refractivity contribution is 7.85. The minimum atomic E-state index is -4.02. The molecule has 0 aliphatic heterocycles. The maximum Gasteiger partial charge on any atom is 0.322 e. The minimum Gasteiger partial charge on any atom is -0.465 e. The Morgan fingerprint density at radius 2 is 1.74 bits per heavy atom. The number of hydrogen-bond donors (Lipinski definition) is 2. The van der Waals surface area contributed by atoms with Crippen molar-refractivity contribution in [1.29, 1.82) is 0 Å². The fourth-order valence-electron chi connectivity index (χ4n) is 1.51. The summed E-state index contributed by atoms with van der Waals surface area (Å²) in [6.45, 7) is 8.26. The molecule has 0 saturated carbocycles. The Hall–Kier alpha value is -1.44. The molecule has 23 heavy (non-hydrogen) atoms. The van der Waals surface area contributed by atoms with E-state index < -0.39 is 16.2 Å². The molecule has 1 aromatic carbocycles. The van der Waals surface area contributed by atoms with Gasteiger partial charge in [0.15, 0.2) is 0 Å². The lowest BCUT2D eigenvalue weighted by Gasteiger charge is -2.07. The largest absolute Gasteiger partial charge is 0.465 e. The third-order valence-corrected chi connectivity index (χ3v) is 3.73. The smallest absolute Gasteiger partial charge is 0.322 e. The lowest BCUT2D eigenvalue weighted by atomic mass is 10.1. The molecule has 132 valence electrons. The summed E-state index contributed by atoms with van der Waals surface area (Å²) in [5.74, 6) is 0.359. The van der Waals surface area contributed by atoms with Crippen LogP contribution in [0.15, 0.2) is 29.2 Å². The predicted octanol–water partition coefficient (Wildman–Crippen LogP) is 2.55. The molecule has 3 N–H and O–H groups in total. The zero-order valence-electron chi connectivity index (χ0n) is 14.2. The maximum absolute atomic E-state index is 10.8. The second kappa shape index (κ2) is 10.4. The van der Waals surface area contributed by atoms with Crippen molar-refractivity contribution in [2.24, 2.45) is 11.7 Å². The van der Waals surface area contributed by atoms with Gasteiger partial charge in [0.1, 0.15) is 6.04 Å². The molecule has 1 atom stereocenters. The number of nitrogens with two attached hydrogens (primary N) is 1. The molecule has 0 unspecified atom stereocenters. The average molecular weight is 345 g/mol. The summed E-state index contributed by atoms with van der Waals surface area (Å²) in [7, 11) is -4.02. The van der Waals surface area contributed by atoms with E-state index in [-0.39, 0.29) is 10.9 Å². The van der Waals surface area contributed by atoms with Crippen LogP contribution in [0.1, 0.15) is 39.2 Å². The van der Waals surface area contributed by atoms with Crippen molar-refractivity contribution < 1.29 is 22.5 Å². The number of rotatable bonds is 6. The Morgan fingerprint density at radius 1 is 1.22 bits per heavy atom. The number of hydrogen-bond acceptors (Lipinski definition) is 5. The third-order valence-electron chi connectivity index (χ3n) is 2.86. The van der Waals surface area contributed by atoms with E-state index in [9.17, 15) is 13.2 Å². The first-order chi connectivity index (χ1) is 10.5. The Morgan fingerprint density at radius 3 is 2.13 bits per heavy atom. The lowest BCUT2D eigenvalue weighted by molar-refractivity contribution is -0.144. The van der Waals surface area contributed by atoms with Gasteiger partial charge in [-0.1, -0.05) is 31.5 Å². The van der Waals surface area contributed by atoms with Crippen LogP contribution in [0.3, 0.4) is 0 Å². The van der Waals surface area contributed by atoms with Crippen LogP contribution in [0.25, 0.3) is 0 Å². The van der Waals surface area contributed by atoms with Gasteiger partial charge in [-0.2, -0.15) is 8.42 Å². The summed E-state index contributed by atoms with van der Waals surface area (Å²) in [4.78, 5) is 10.8. The van der Waals surface area contributed by atoms with Crippen LogP contribution in [-0.2, 0) is 19.6 Å². The molecular formula is C16H27NO5S. The van der Waals surface area contributed by atoms with Crippen LogP contribution in [0.2, 0.25) is 0 Å². The van der Waals surface area contributed by atoms with Gasteiger partial charge in [0.2, 0.25) is 0 Å². The predicted molar refractivity (Wildman–Crippen MR) is 89.7 cm³/mol. The summed E-state index contributed by atoms with van der Waals surface area (Å²) < 4.78 is 34.4. The van der Waals surface area contributed by atoms with Crippen LogP contribution < -0.4 is 5.73 Å². The zero-order chi connectivity index (χ0) is 18.0. The van der Waals surface area contributed by atoms with Crippen LogP contribution in [0.4, 0.5) is 0 Å². The highest BCUT2D eigenvalue weighted by Gasteiger charge is 2.08. The molecule has 0 fully saturated rings. The van der Waals surface area contributed by atoms with Crippen LogP contribution >= 0.6 is 0 Å². The molecule has 0 saturated heterocycles. The van der Waals surface area contributed by atoms with Crippen LogP contribution in [0.5, 0.6) is 0 Å². The first-order valence-electron chi connectivity index (χ1n) is 7.50. The summed E-state index contributed by atoms with van der Waals surface area (Å²) in [6, 6.07) is 5.49. The van der Waals surface area contributed by atoms with Gasteiger partial charge in [-0.3, -0.25) is 9.35 Å². The van der Waals surface area contributed by atoms with Crippen molar-refractivity contribution >= 4 is 16.1 Å². The molecule has 6 nitrogen and oxygen atoms in total. The summed E-state index contributed by atoms with van der Waals surface area (Å²) in [5.41, 5.74) is 6.26. The fraction of sp³-hybridized carbons (Fsp3) is 0.562. The molecule has 1 rings (SSSR count). The van der Waals surface area contributed by atoms with Crippen molar-refractivity contribution in [2.75, 3.05) is 6.61 Å².